The first-order chi connectivity index (χ1) is 11.6. The molecule has 2 amide bonds. The Labute approximate surface area is 142 Å². The molecule has 1 aromatic heterocycles. The summed E-state index contributed by atoms with van der Waals surface area (Å²) in [5, 5.41) is 2.59. The summed E-state index contributed by atoms with van der Waals surface area (Å²) in [6, 6.07) is 8.36. The van der Waals surface area contributed by atoms with E-state index in [1.807, 2.05) is 0 Å². The van der Waals surface area contributed by atoms with Crippen molar-refractivity contribution in [1.82, 2.24) is 4.98 Å². The number of benzene rings is 1. The number of amides is 2. The highest BCUT2D eigenvalue weighted by molar-refractivity contribution is 6.05. The molecule has 0 aliphatic heterocycles. The van der Waals surface area contributed by atoms with Crippen LogP contribution in [0.3, 0.4) is 0 Å². The van der Waals surface area contributed by atoms with E-state index in [0.717, 1.165) is 12.1 Å². The van der Waals surface area contributed by atoms with Gasteiger partial charge in [0.05, 0.1) is 11.3 Å². The van der Waals surface area contributed by atoms with Crippen LogP contribution in [0.25, 0.3) is 0 Å². The smallest absolute Gasteiger partial charge is 0.322 e. The molecule has 0 aliphatic rings. The average Bonchev–Trinajstić information content (AvgIpc) is 2.53. The number of aromatic nitrogens is 1. The summed E-state index contributed by atoms with van der Waals surface area (Å²) in [6.45, 7) is 2.77. The van der Waals surface area contributed by atoms with Crippen molar-refractivity contribution in [3.63, 3.8) is 0 Å². The molecule has 5 nitrogen and oxygen atoms in total. The van der Waals surface area contributed by atoms with Crippen LogP contribution < -0.4 is 10.2 Å². The van der Waals surface area contributed by atoms with Crippen molar-refractivity contribution in [2.45, 2.75) is 20.0 Å². The van der Waals surface area contributed by atoms with Crippen LogP contribution in [0.5, 0.6) is 0 Å². The number of pyridine rings is 1. The highest BCUT2D eigenvalue weighted by Crippen LogP contribution is 2.28. The van der Waals surface area contributed by atoms with E-state index in [4.69, 9.17) is 0 Å². The van der Waals surface area contributed by atoms with Crippen molar-refractivity contribution in [3.05, 3.63) is 53.3 Å². The molecule has 0 aliphatic carbocycles. The van der Waals surface area contributed by atoms with E-state index < -0.39 is 17.8 Å². The van der Waals surface area contributed by atoms with Gasteiger partial charge in [-0.15, -0.1) is 0 Å². The predicted molar refractivity (Wildman–Crippen MR) is 87.5 cm³/mol. The van der Waals surface area contributed by atoms with Crippen molar-refractivity contribution in [2.24, 2.45) is 0 Å². The van der Waals surface area contributed by atoms with Gasteiger partial charge in [-0.25, -0.2) is 4.98 Å². The zero-order valence-electron chi connectivity index (χ0n) is 13.8. The number of hydrogen-bond donors (Lipinski definition) is 1. The Balaban J connectivity index is 2.16. The van der Waals surface area contributed by atoms with Gasteiger partial charge in [-0.05, 0) is 43.3 Å². The largest absolute Gasteiger partial charge is 0.433 e. The summed E-state index contributed by atoms with van der Waals surface area (Å²) >= 11 is 0. The Morgan fingerprint density at radius 3 is 2.16 bits per heavy atom. The number of carbonyl (C=O) groups is 2. The highest BCUT2D eigenvalue weighted by atomic mass is 19.4. The minimum Gasteiger partial charge on any atom is -0.322 e. The third kappa shape index (κ3) is 4.34. The van der Waals surface area contributed by atoms with Gasteiger partial charge in [0, 0.05) is 25.3 Å². The number of alkyl halides is 3. The van der Waals surface area contributed by atoms with Crippen LogP contribution in [-0.4, -0.2) is 23.8 Å². The number of nitrogens with zero attached hydrogens (tertiary/aromatic N) is 2. The molecule has 0 saturated carbocycles. The summed E-state index contributed by atoms with van der Waals surface area (Å²) in [7, 11) is 1.62. The maximum Gasteiger partial charge on any atom is 0.433 e. The van der Waals surface area contributed by atoms with E-state index in [1.165, 1.54) is 18.7 Å². The number of halogens is 3. The molecular formula is C17H16F3N3O2. The first kappa shape index (κ1) is 18.4. The Kier molecular flexibility index (Phi) is 5.10. The van der Waals surface area contributed by atoms with Gasteiger partial charge in [-0.2, -0.15) is 13.2 Å². The van der Waals surface area contributed by atoms with Gasteiger partial charge in [-0.1, -0.05) is 0 Å². The highest BCUT2D eigenvalue weighted by Gasteiger charge is 2.33. The van der Waals surface area contributed by atoms with E-state index in [1.54, 1.807) is 31.3 Å². The van der Waals surface area contributed by atoms with Crippen LogP contribution in [0.1, 0.15) is 28.7 Å². The van der Waals surface area contributed by atoms with E-state index in [2.05, 4.69) is 10.3 Å². The molecule has 0 spiro atoms. The zero-order chi connectivity index (χ0) is 18.8. The van der Waals surface area contributed by atoms with Crippen LogP contribution >= 0.6 is 0 Å². The Bertz CT molecular complexity index is 802. The van der Waals surface area contributed by atoms with Gasteiger partial charge < -0.3 is 10.2 Å². The van der Waals surface area contributed by atoms with Gasteiger partial charge in [0.25, 0.3) is 5.91 Å². The minimum absolute atomic E-state index is 0.0136. The SMILES string of the molecule is CC(=O)N(C)c1ccc(NC(=O)c2ccc(C(F)(F)F)nc2C)cc1. The van der Waals surface area contributed by atoms with Gasteiger partial charge in [-0.3, -0.25) is 9.59 Å². The molecule has 1 heterocycles. The summed E-state index contributed by atoms with van der Waals surface area (Å²) < 4.78 is 37.8. The predicted octanol–water partition coefficient (Wildman–Crippen LogP) is 3.64. The third-order valence-electron chi connectivity index (χ3n) is 3.61. The van der Waals surface area contributed by atoms with Gasteiger partial charge >= 0.3 is 6.18 Å². The van der Waals surface area contributed by atoms with E-state index in [9.17, 15) is 22.8 Å². The first-order valence-corrected chi connectivity index (χ1v) is 7.30. The van der Waals surface area contributed by atoms with Crippen LogP contribution in [0.15, 0.2) is 36.4 Å². The Hall–Kier alpha value is -2.90. The quantitative estimate of drug-likeness (QED) is 0.918. The molecule has 2 rings (SSSR count). The number of hydrogen-bond acceptors (Lipinski definition) is 3. The second kappa shape index (κ2) is 6.92. The summed E-state index contributed by atoms with van der Waals surface area (Å²) in [6.07, 6.45) is -4.56. The molecule has 132 valence electrons. The zero-order valence-corrected chi connectivity index (χ0v) is 13.8. The lowest BCUT2D eigenvalue weighted by Gasteiger charge is -2.15. The molecule has 1 aromatic carbocycles. The minimum atomic E-state index is -4.56. The standard InChI is InChI=1S/C17H16F3N3O2/c1-10-14(8-9-15(21-10)17(18,19)20)16(25)22-12-4-6-13(7-5-12)23(3)11(2)24/h4-9H,1-3H3,(H,22,25). The van der Waals surface area contributed by atoms with E-state index in [0.29, 0.717) is 11.4 Å². The molecule has 8 heteroatoms. The van der Waals surface area contributed by atoms with Crippen LogP contribution in [0, 0.1) is 6.92 Å². The van der Waals surface area contributed by atoms with Gasteiger partial charge in [0.15, 0.2) is 0 Å². The third-order valence-corrected chi connectivity index (χ3v) is 3.61. The fourth-order valence-electron chi connectivity index (χ4n) is 2.11. The lowest BCUT2D eigenvalue weighted by molar-refractivity contribution is -0.141. The molecule has 0 fully saturated rings. The maximum atomic E-state index is 12.6. The fraction of sp³-hybridized carbons (Fsp3) is 0.235. The molecule has 1 N–H and O–H groups in total. The van der Waals surface area contributed by atoms with E-state index >= 15 is 0 Å². The molecule has 25 heavy (non-hydrogen) atoms. The molecule has 0 saturated heterocycles. The second-order valence-corrected chi connectivity index (χ2v) is 5.41. The lowest BCUT2D eigenvalue weighted by atomic mass is 10.1. The molecular weight excluding hydrogens is 335 g/mol. The monoisotopic (exact) mass is 351 g/mol. The molecule has 0 bridgehead atoms. The summed E-state index contributed by atoms with van der Waals surface area (Å²) in [5.41, 5.74) is 0.0965. The van der Waals surface area contributed by atoms with Gasteiger partial charge in [0.2, 0.25) is 5.91 Å². The van der Waals surface area contributed by atoms with E-state index in [-0.39, 0.29) is 17.2 Å². The number of rotatable bonds is 3. The normalized spacial score (nSPS) is 11.1. The summed E-state index contributed by atoms with van der Waals surface area (Å²) in [5.74, 6) is -0.699. The molecule has 2 aromatic rings. The topological polar surface area (TPSA) is 62.3 Å². The van der Waals surface area contributed by atoms with Gasteiger partial charge in [0.1, 0.15) is 5.69 Å². The first-order valence-electron chi connectivity index (χ1n) is 7.30. The van der Waals surface area contributed by atoms with Crippen LogP contribution in [0.4, 0.5) is 24.5 Å². The molecule has 0 unspecified atom stereocenters. The summed E-state index contributed by atoms with van der Waals surface area (Å²) in [4.78, 5) is 28.4. The van der Waals surface area contributed by atoms with Crippen LogP contribution in [0.2, 0.25) is 0 Å². The fourth-order valence-corrected chi connectivity index (χ4v) is 2.11. The van der Waals surface area contributed by atoms with Crippen molar-refractivity contribution in [3.8, 4) is 0 Å². The maximum absolute atomic E-state index is 12.6. The van der Waals surface area contributed by atoms with Crippen molar-refractivity contribution >= 4 is 23.2 Å². The lowest BCUT2D eigenvalue weighted by Crippen LogP contribution is -2.22. The number of nitrogens with one attached hydrogen (secondary N) is 1. The Morgan fingerprint density at radius 1 is 1.08 bits per heavy atom. The number of anilines is 2. The Morgan fingerprint density at radius 2 is 1.68 bits per heavy atom. The van der Waals surface area contributed by atoms with Crippen molar-refractivity contribution in [2.75, 3.05) is 17.3 Å². The second-order valence-electron chi connectivity index (χ2n) is 5.41. The average molecular weight is 351 g/mol. The van der Waals surface area contributed by atoms with Crippen LogP contribution in [-0.2, 0) is 11.0 Å². The number of carbonyl (C=O) groups excluding carboxylic acids is 2. The molecule has 0 radical (unpaired) electrons. The van der Waals surface area contributed by atoms with Crippen molar-refractivity contribution in [1.29, 1.82) is 0 Å². The number of aryl methyl sites for hydroxylation is 1. The molecule has 0 atom stereocenters. The van der Waals surface area contributed by atoms with Crippen molar-refractivity contribution < 1.29 is 22.8 Å².